The minimum Gasteiger partial charge on any atom is -0.312 e. The maximum Gasteiger partial charge on any atom is 0.0998 e. The summed E-state index contributed by atoms with van der Waals surface area (Å²) in [5, 5.41) is 33.5. The monoisotopic (exact) mass is 637 g/mol. The third-order valence-electron chi connectivity index (χ3n) is 9.96. The van der Waals surface area contributed by atoms with Crippen LogP contribution in [0.2, 0.25) is 0 Å². The molecule has 0 bridgehead atoms. The van der Waals surface area contributed by atoms with Crippen molar-refractivity contribution in [1.82, 2.24) is 9.13 Å². The molecule has 0 radical (unpaired) electrons. The topological polar surface area (TPSA) is 81.2 Å². The third kappa shape index (κ3) is 4.37. The van der Waals surface area contributed by atoms with E-state index < -0.39 is 0 Å². The molecule has 2 heterocycles. The highest BCUT2D eigenvalue weighted by atomic mass is 15.0. The quantitative estimate of drug-likeness (QED) is 0.193. The highest BCUT2D eigenvalue weighted by Gasteiger charge is 2.25. The summed E-state index contributed by atoms with van der Waals surface area (Å²) >= 11 is 0. The van der Waals surface area contributed by atoms with Gasteiger partial charge in [-0.25, -0.2) is 0 Å². The van der Waals surface area contributed by atoms with Crippen LogP contribution in [0, 0.1) is 34.0 Å². The van der Waals surface area contributed by atoms with E-state index in [9.17, 15) is 15.8 Å². The molecule has 2 aromatic heterocycles. The van der Waals surface area contributed by atoms with Gasteiger partial charge in [0.15, 0.2) is 0 Å². The van der Waals surface area contributed by atoms with Crippen molar-refractivity contribution in [3.05, 3.63) is 161 Å². The molecule has 1 aliphatic rings. The van der Waals surface area contributed by atoms with E-state index in [4.69, 9.17) is 0 Å². The van der Waals surface area contributed by atoms with Gasteiger partial charge < -0.3 is 9.13 Å². The highest BCUT2D eigenvalue weighted by molar-refractivity contribution is 6.09. The van der Waals surface area contributed by atoms with Gasteiger partial charge in [0.25, 0.3) is 0 Å². The van der Waals surface area contributed by atoms with Crippen LogP contribution in [-0.4, -0.2) is 9.13 Å². The van der Waals surface area contributed by atoms with Crippen molar-refractivity contribution in [3.63, 3.8) is 0 Å². The predicted octanol–water partition coefficient (Wildman–Crippen LogP) is 10.7. The lowest BCUT2D eigenvalue weighted by Gasteiger charge is -2.18. The van der Waals surface area contributed by atoms with Gasteiger partial charge in [-0.2, -0.15) is 15.8 Å². The molecule has 0 atom stereocenters. The number of para-hydroxylation sites is 3. The van der Waals surface area contributed by atoms with Gasteiger partial charge >= 0.3 is 0 Å². The molecule has 0 saturated carbocycles. The summed E-state index contributed by atoms with van der Waals surface area (Å²) in [5.41, 5.74) is 12.9. The lowest BCUT2D eigenvalue weighted by molar-refractivity contribution is 0.872. The van der Waals surface area contributed by atoms with E-state index in [0.29, 0.717) is 29.5 Å². The van der Waals surface area contributed by atoms with Crippen LogP contribution in [0.15, 0.2) is 139 Å². The number of rotatable bonds is 4. The van der Waals surface area contributed by atoms with E-state index in [2.05, 4.69) is 118 Å². The van der Waals surface area contributed by atoms with E-state index in [1.165, 1.54) is 21.8 Å². The van der Waals surface area contributed by atoms with Crippen molar-refractivity contribution in [2.45, 2.75) is 12.8 Å². The van der Waals surface area contributed by atoms with Crippen molar-refractivity contribution in [1.29, 1.82) is 15.8 Å². The number of hydrogen-bond acceptors (Lipinski definition) is 3. The first kappa shape index (κ1) is 29.0. The summed E-state index contributed by atoms with van der Waals surface area (Å²) in [6.45, 7) is 0. The lowest BCUT2D eigenvalue weighted by Crippen LogP contribution is -2.06. The molecular formula is C45H27N5. The Labute approximate surface area is 289 Å². The van der Waals surface area contributed by atoms with Crippen LogP contribution in [0.4, 0.5) is 0 Å². The van der Waals surface area contributed by atoms with E-state index >= 15 is 0 Å². The molecule has 0 N–H and O–H groups in total. The Morgan fingerprint density at radius 1 is 0.500 bits per heavy atom. The number of benzene rings is 6. The first-order valence-electron chi connectivity index (χ1n) is 16.6. The summed E-state index contributed by atoms with van der Waals surface area (Å²) < 4.78 is 4.52. The second-order valence-corrected chi connectivity index (χ2v) is 12.6. The molecule has 6 aromatic carbocycles. The molecule has 9 rings (SSSR count). The molecule has 0 unspecified atom stereocenters. The molecule has 0 fully saturated rings. The minimum atomic E-state index is 0.580. The first-order chi connectivity index (χ1) is 24.7. The largest absolute Gasteiger partial charge is 0.312 e. The summed E-state index contributed by atoms with van der Waals surface area (Å²) in [6.07, 6.45) is 3.25. The number of fused-ring (bicyclic) bond motifs is 6. The fourth-order valence-corrected chi connectivity index (χ4v) is 7.73. The zero-order valence-electron chi connectivity index (χ0n) is 26.9. The number of aromatic nitrogens is 2. The zero-order valence-corrected chi connectivity index (χ0v) is 26.9. The van der Waals surface area contributed by atoms with Crippen molar-refractivity contribution in [2.24, 2.45) is 0 Å². The van der Waals surface area contributed by atoms with E-state index in [0.717, 1.165) is 55.8 Å². The van der Waals surface area contributed by atoms with Crippen molar-refractivity contribution >= 4 is 38.8 Å². The molecule has 232 valence electrons. The zero-order chi connectivity index (χ0) is 33.8. The summed E-state index contributed by atoms with van der Waals surface area (Å²) in [7, 11) is 0. The van der Waals surface area contributed by atoms with Crippen LogP contribution < -0.4 is 0 Å². The standard InChI is InChI=1S/C45H27N5/c46-26-29-16-23-43-39(24-29)45-32(27-47)8-7-15-44(45)50(43)42-14-6-1-9-36(42)35-22-19-31(25-33(35)28-48)30-17-20-34(21-18-30)49-40-12-4-2-10-37(40)38-11-3-5-13-41(38)49/h1-15,17-22,24-25H,16,23H2. The molecule has 0 spiro atoms. The third-order valence-corrected chi connectivity index (χ3v) is 9.96. The second-order valence-electron chi connectivity index (χ2n) is 12.6. The van der Waals surface area contributed by atoms with Gasteiger partial charge in [0, 0.05) is 49.8 Å². The number of nitriles is 3. The SMILES string of the molecule is N#CC1=Cc2c(n(-c3ccccc3-c3ccc(-c4ccc(-n5c6ccccc6c6ccccc65)cc4)cc3C#N)c3cccc(C#N)c23)CC1. The fourth-order valence-electron chi connectivity index (χ4n) is 7.73. The van der Waals surface area contributed by atoms with Crippen molar-refractivity contribution < 1.29 is 0 Å². The van der Waals surface area contributed by atoms with Gasteiger partial charge in [-0.05, 0) is 78.6 Å². The highest BCUT2D eigenvalue weighted by Crippen LogP contribution is 2.41. The van der Waals surface area contributed by atoms with Crippen molar-refractivity contribution in [3.8, 4) is 51.8 Å². The number of hydrogen-bond donors (Lipinski definition) is 0. The van der Waals surface area contributed by atoms with Gasteiger partial charge in [-0.15, -0.1) is 0 Å². The smallest absolute Gasteiger partial charge is 0.0998 e. The molecule has 0 aliphatic heterocycles. The molecule has 1 aliphatic carbocycles. The summed E-state index contributed by atoms with van der Waals surface area (Å²) in [5.74, 6) is 0. The molecule has 8 aromatic rings. The molecule has 5 heteroatoms. The minimum absolute atomic E-state index is 0.580. The van der Waals surface area contributed by atoms with E-state index in [-0.39, 0.29) is 0 Å². The average molecular weight is 638 g/mol. The average Bonchev–Trinajstić information content (AvgIpc) is 3.70. The van der Waals surface area contributed by atoms with Gasteiger partial charge in [-0.1, -0.05) is 84.9 Å². The first-order valence-corrected chi connectivity index (χ1v) is 16.6. The lowest BCUT2D eigenvalue weighted by atomic mass is 9.93. The molecule has 5 nitrogen and oxygen atoms in total. The van der Waals surface area contributed by atoms with E-state index in [1.807, 2.05) is 48.5 Å². The van der Waals surface area contributed by atoms with Gasteiger partial charge in [-0.3, -0.25) is 0 Å². The van der Waals surface area contributed by atoms with Crippen LogP contribution in [0.25, 0.3) is 72.4 Å². The molecule has 0 saturated heterocycles. The maximum atomic E-state index is 10.5. The normalized spacial score (nSPS) is 12.3. The summed E-state index contributed by atoms with van der Waals surface area (Å²) in [4.78, 5) is 0. The molecule has 0 amide bonds. The Hall–Kier alpha value is -7.13. The number of allylic oxidation sites excluding steroid dienone is 1. The maximum absolute atomic E-state index is 10.5. The van der Waals surface area contributed by atoms with Gasteiger partial charge in [0.2, 0.25) is 0 Å². The van der Waals surface area contributed by atoms with E-state index in [1.54, 1.807) is 0 Å². The van der Waals surface area contributed by atoms with Crippen LogP contribution >= 0.6 is 0 Å². The van der Waals surface area contributed by atoms with Crippen LogP contribution in [0.1, 0.15) is 28.8 Å². The molecular weight excluding hydrogens is 611 g/mol. The Morgan fingerprint density at radius 3 is 1.88 bits per heavy atom. The summed E-state index contributed by atoms with van der Waals surface area (Å²) in [6, 6.07) is 52.7. The predicted molar refractivity (Wildman–Crippen MR) is 200 cm³/mol. The molecule has 50 heavy (non-hydrogen) atoms. The Kier molecular flexibility index (Phi) is 6.70. The Morgan fingerprint density at radius 2 is 1.16 bits per heavy atom. The fraction of sp³-hybridized carbons (Fsp3) is 0.0444. The second kappa shape index (κ2) is 11.5. The van der Waals surface area contributed by atoms with Crippen LogP contribution in [0.5, 0.6) is 0 Å². The van der Waals surface area contributed by atoms with Crippen molar-refractivity contribution in [2.75, 3.05) is 0 Å². The Bertz CT molecular complexity index is 2790. The van der Waals surface area contributed by atoms with Crippen LogP contribution in [-0.2, 0) is 6.42 Å². The Balaban J connectivity index is 1.15. The van der Waals surface area contributed by atoms with Gasteiger partial charge in [0.05, 0.1) is 51.6 Å². The number of nitrogens with zero attached hydrogens (tertiary/aromatic N) is 5. The van der Waals surface area contributed by atoms with Gasteiger partial charge in [0.1, 0.15) is 0 Å². The van der Waals surface area contributed by atoms with Crippen LogP contribution in [0.3, 0.4) is 0 Å².